The molecule has 3 atom stereocenters. The molecule has 1 aliphatic heterocycles. The molecule has 10 N–H and O–H groups in total. The van der Waals surface area contributed by atoms with Gasteiger partial charge in [0.25, 0.3) is 5.91 Å². The molecule has 1 heterocycles. The summed E-state index contributed by atoms with van der Waals surface area (Å²) in [5.74, 6) is -8.46. The molecule has 0 radical (unpaired) electrons. The number of aliphatic carboxylic acids is 6. The van der Waals surface area contributed by atoms with Gasteiger partial charge in [0, 0.05) is 108 Å². The van der Waals surface area contributed by atoms with E-state index in [2.05, 4.69) is 37.2 Å². The lowest BCUT2D eigenvalue weighted by molar-refractivity contribution is -0.145. The van der Waals surface area contributed by atoms with Crippen LogP contribution in [0.3, 0.4) is 0 Å². The van der Waals surface area contributed by atoms with Crippen molar-refractivity contribution in [3.63, 3.8) is 0 Å². The van der Waals surface area contributed by atoms with Crippen molar-refractivity contribution in [1.82, 2.24) is 45.8 Å². The van der Waals surface area contributed by atoms with E-state index in [1.807, 2.05) is 24.3 Å². The number of carboxylic acid groups (broad SMARTS) is 6. The highest BCUT2D eigenvalue weighted by Gasteiger charge is 2.29. The van der Waals surface area contributed by atoms with Crippen LogP contribution in [0.4, 0.5) is 4.79 Å². The minimum absolute atomic E-state index is 0.000972. The second-order valence-electron chi connectivity index (χ2n) is 19.2. The first-order valence-corrected chi connectivity index (χ1v) is 26.8. The summed E-state index contributed by atoms with van der Waals surface area (Å²) in [6.45, 7) is 2.03. The molecule has 27 heteroatoms. The smallest absolute Gasteiger partial charge is 0.326 e. The molecule has 1 unspecified atom stereocenters. The van der Waals surface area contributed by atoms with E-state index in [4.69, 9.17) is 5.11 Å². The number of carboxylic acids is 6. The number of benzene rings is 2. The van der Waals surface area contributed by atoms with Crippen LogP contribution < -0.4 is 21.3 Å². The highest BCUT2D eigenvalue weighted by molar-refractivity contribution is 9.10. The molecule has 0 bridgehead atoms. The summed E-state index contributed by atoms with van der Waals surface area (Å²) in [4.78, 5) is 142. The Labute approximate surface area is 465 Å². The normalized spacial score (nSPS) is 15.2. The second-order valence-corrected chi connectivity index (χ2v) is 20.1. The third-order valence-corrected chi connectivity index (χ3v) is 13.5. The standard InChI is InChI=1S/C52H74BrN9O17/c1-35(63)40(16-19-45(66)67)56-52(79)57-41(50(75)76)6-3-5-21-62(31-37-10-14-39(53)15-11-37)49(74)38-12-8-36(9-13-38)30-55-43(64)7-2-4-20-54-44(65)18-17-42(51(77)78)61-28-26-59(33-47(70)71)24-22-58(32-46(68)69)23-25-60(27-29-61)34-48(72)73/h8-15,40-42H,2-7,16-34H2,1H3,(H,54,65)(H,55,64)(H,66,67)(H,68,69)(H,70,71)(H,72,73)(H,75,76)(H,77,78)(H2,56,57,79)/t40-,41-,42?/m1/s1. The Morgan fingerprint density at radius 3 is 1.57 bits per heavy atom. The molecule has 79 heavy (non-hydrogen) atoms. The SMILES string of the molecule is CC(=O)[C@@H](CCC(=O)O)NC(=O)N[C@H](CCCCN(Cc1ccc(Br)cc1)C(=O)c1ccc(CNC(=O)CCCCNC(=O)CCC(C(=O)O)N2CCN(CC(=O)O)CCN(CC(=O)O)CCN(CC(=O)O)CC2)cc1)C(=O)O. The van der Waals surface area contributed by atoms with E-state index in [0.717, 1.165) is 15.6 Å². The third kappa shape index (κ3) is 27.4. The van der Waals surface area contributed by atoms with Crippen molar-refractivity contribution in [2.75, 3.05) is 85.1 Å². The summed E-state index contributed by atoms with van der Waals surface area (Å²) in [6.07, 6.45) is 0.884. The van der Waals surface area contributed by atoms with E-state index in [9.17, 15) is 78.3 Å². The Hall–Kier alpha value is -7.07. The third-order valence-electron chi connectivity index (χ3n) is 13.0. The van der Waals surface area contributed by atoms with Crippen LogP contribution in [0.25, 0.3) is 0 Å². The molecule has 1 saturated heterocycles. The van der Waals surface area contributed by atoms with Gasteiger partial charge >= 0.3 is 41.8 Å². The Morgan fingerprint density at radius 2 is 1.06 bits per heavy atom. The minimum atomic E-state index is -1.33. The van der Waals surface area contributed by atoms with Crippen LogP contribution in [0.15, 0.2) is 53.0 Å². The number of urea groups is 1. The maximum Gasteiger partial charge on any atom is 0.326 e. The van der Waals surface area contributed by atoms with E-state index in [1.165, 1.54) is 6.92 Å². The van der Waals surface area contributed by atoms with Gasteiger partial charge in [0.1, 0.15) is 12.1 Å². The molecule has 5 amide bonds. The van der Waals surface area contributed by atoms with E-state index in [0.29, 0.717) is 31.2 Å². The number of rotatable bonds is 33. The minimum Gasteiger partial charge on any atom is -0.481 e. The predicted molar refractivity (Wildman–Crippen MR) is 287 cm³/mol. The Kier molecular flexibility index (Phi) is 29.7. The van der Waals surface area contributed by atoms with Crippen molar-refractivity contribution in [2.24, 2.45) is 0 Å². The van der Waals surface area contributed by atoms with Gasteiger partial charge in [-0.15, -0.1) is 0 Å². The van der Waals surface area contributed by atoms with Gasteiger partial charge in [0.2, 0.25) is 11.8 Å². The summed E-state index contributed by atoms with van der Waals surface area (Å²) < 4.78 is 0.845. The number of nitrogens with one attached hydrogen (secondary N) is 4. The number of hydrogen-bond acceptors (Lipinski definition) is 15. The lowest BCUT2D eigenvalue weighted by atomic mass is 10.1. The van der Waals surface area contributed by atoms with Crippen molar-refractivity contribution in [2.45, 2.75) is 102 Å². The van der Waals surface area contributed by atoms with Gasteiger partial charge in [-0.25, -0.2) is 9.59 Å². The summed E-state index contributed by atoms with van der Waals surface area (Å²) in [5, 5.41) is 67.7. The maximum absolute atomic E-state index is 13.9. The Balaban J connectivity index is 1.49. The quantitative estimate of drug-likeness (QED) is 0.0452. The fourth-order valence-electron chi connectivity index (χ4n) is 8.58. The zero-order chi connectivity index (χ0) is 58.4. The second kappa shape index (κ2) is 35.4. The number of unbranched alkanes of at least 4 members (excludes halogenated alkanes) is 2. The summed E-state index contributed by atoms with van der Waals surface area (Å²) in [5.41, 5.74) is 1.93. The van der Waals surface area contributed by atoms with Crippen LogP contribution in [0.5, 0.6) is 0 Å². The predicted octanol–water partition coefficient (Wildman–Crippen LogP) is 1.45. The molecular weight excluding hydrogens is 1100 g/mol. The lowest BCUT2D eigenvalue weighted by Crippen LogP contribution is -2.52. The van der Waals surface area contributed by atoms with Gasteiger partial charge in [-0.05, 0) is 87.3 Å². The van der Waals surface area contributed by atoms with Crippen LogP contribution in [0.1, 0.15) is 92.6 Å². The van der Waals surface area contributed by atoms with Crippen molar-refractivity contribution in [3.05, 3.63) is 69.7 Å². The van der Waals surface area contributed by atoms with Crippen molar-refractivity contribution in [1.29, 1.82) is 0 Å². The molecule has 436 valence electrons. The van der Waals surface area contributed by atoms with Crippen LogP contribution in [-0.2, 0) is 56.2 Å². The fourth-order valence-corrected chi connectivity index (χ4v) is 8.84. The number of nitrogens with zero attached hydrogens (tertiary/aromatic N) is 5. The van der Waals surface area contributed by atoms with Gasteiger partial charge in [0.15, 0.2) is 5.78 Å². The molecule has 3 rings (SSSR count). The molecule has 1 aliphatic rings. The van der Waals surface area contributed by atoms with Crippen molar-refractivity contribution in [3.8, 4) is 0 Å². The molecule has 0 aliphatic carbocycles. The van der Waals surface area contributed by atoms with Crippen molar-refractivity contribution < 1.29 is 83.4 Å². The topological polar surface area (TPSA) is 373 Å². The zero-order valence-corrected chi connectivity index (χ0v) is 45.9. The lowest BCUT2D eigenvalue weighted by Gasteiger charge is -2.35. The molecule has 1 fully saturated rings. The monoisotopic (exact) mass is 1180 g/mol. The average molecular weight is 1180 g/mol. The highest BCUT2D eigenvalue weighted by Crippen LogP contribution is 2.17. The van der Waals surface area contributed by atoms with Crippen LogP contribution in [-0.4, -0.2) is 224 Å². The van der Waals surface area contributed by atoms with Gasteiger partial charge in [-0.3, -0.25) is 62.8 Å². The highest BCUT2D eigenvalue weighted by atomic mass is 79.9. The van der Waals surface area contributed by atoms with E-state index >= 15 is 0 Å². The largest absolute Gasteiger partial charge is 0.481 e. The van der Waals surface area contributed by atoms with Crippen LogP contribution >= 0.6 is 15.9 Å². The first kappa shape index (κ1) is 66.2. The number of carbonyl (C=O) groups excluding carboxylic acids is 5. The number of hydrogen-bond donors (Lipinski definition) is 10. The molecule has 26 nitrogen and oxygen atoms in total. The van der Waals surface area contributed by atoms with Gasteiger partial charge in [-0.2, -0.15) is 0 Å². The number of halogens is 1. The number of ketones is 1. The number of carbonyl (C=O) groups is 11. The number of amides is 5. The summed E-state index contributed by atoms with van der Waals surface area (Å²) >= 11 is 3.41. The molecule has 2 aromatic carbocycles. The molecule has 0 saturated carbocycles. The van der Waals surface area contributed by atoms with E-state index in [-0.39, 0.29) is 149 Å². The first-order valence-electron chi connectivity index (χ1n) is 26.0. The summed E-state index contributed by atoms with van der Waals surface area (Å²) in [6, 6.07) is 9.56. The molecule has 2 aromatic rings. The fraction of sp³-hybridized carbons (Fsp3) is 0.558. The summed E-state index contributed by atoms with van der Waals surface area (Å²) in [7, 11) is 0. The zero-order valence-electron chi connectivity index (χ0n) is 44.3. The van der Waals surface area contributed by atoms with Crippen LogP contribution in [0, 0.1) is 0 Å². The maximum atomic E-state index is 13.9. The first-order chi connectivity index (χ1) is 37.5. The molecular formula is C52H74BrN9O17. The van der Waals surface area contributed by atoms with Gasteiger partial charge in [-0.1, -0.05) is 40.2 Å². The van der Waals surface area contributed by atoms with E-state index in [1.54, 1.807) is 48.8 Å². The van der Waals surface area contributed by atoms with Gasteiger partial charge in [0.05, 0.1) is 25.7 Å². The van der Waals surface area contributed by atoms with Crippen molar-refractivity contribution >= 4 is 81.3 Å². The molecule has 0 aromatic heterocycles. The van der Waals surface area contributed by atoms with Crippen LogP contribution in [0.2, 0.25) is 0 Å². The van der Waals surface area contributed by atoms with E-state index < -0.39 is 71.7 Å². The Bertz CT molecular complexity index is 2350. The Morgan fingerprint density at radius 1 is 0.544 bits per heavy atom. The number of Topliss-reactive ketones (excluding diaryl/α,β-unsaturated/α-hetero) is 1. The molecule has 0 spiro atoms. The van der Waals surface area contributed by atoms with Gasteiger partial charge < -0.3 is 56.8 Å². The average Bonchev–Trinajstić information content (AvgIpc) is 3.38.